The van der Waals surface area contributed by atoms with Crippen LogP contribution in [0.3, 0.4) is 0 Å². The number of amides is 3. The lowest BCUT2D eigenvalue weighted by molar-refractivity contribution is -0.127. The maximum atomic E-state index is 13.4. The normalized spacial score (nSPS) is 20.0. The Morgan fingerprint density at radius 3 is 2.54 bits per heavy atom. The van der Waals surface area contributed by atoms with E-state index in [1.165, 1.54) is 11.0 Å². The first kappa shape index (κ1) is 26.3. The van der Waals surface area contributed by atoms with Gasteiger partial charge in [-0.3, -0.25) is 14.4 Å². The van der Waals surface area contributed by atoms with Crippen molar-refractivity contribution < 1.29 is 24.6 Å². The average Bonchev–Trinajstić information content (AvgIpc) is 3.38. The third-order valence-electron chi connectivity index (χ3n) is 6.88. The van der Waals surface area contributed by atoms with E-state index in [1.54, 1.807) is 6.08 Å². The first-order chi connectivity index (χ1) is 17.8. The highest BCUT2D eigenvalue weighted by Gasteiger charge is 2.34. The molecule has 0 saturated carbocycles. The Morgan fingerprint density at radius 2 is 1.81 bits per heavy atom. The van der Waals surface area contributed by atoms with Crippen LogP contribution in [0.15, 0.2) is 79.0 Å². The highest BCUT2D eigenvalue weighted by Crippen LogP contribution is 2.32. The number of allylic oxidation sites excluding steroid dienone is 1. The molecule has 0 unspecified atom stereocenters. The van der Waals surface area contributed by atoms with Gasteiger partial charge in [0, 0.05) is 43.6 Å². The van der Waals surface area contributed by atoms with Crippen LogP contribution in [0, 0.1) is 5.92 Å². The lowest BCUT2D eigenvalue weighted by Crippen LogP contribution is -2.41. The SMILES string of the molecule is C=C1C=CC(=O)N1CCC(=O)NC[C@@H](O)C[C@@H](Cc1ccccc1)C(=O)N[C@H]1c2ccccc2C[C@H]1O. The van der Waals surface area contributed by atoms with Gasteiger partial charge in [-0.1, -0.05) is 61.2 Å². The molecule has 4 atom stereocenters. The number of nitrogens with zero attached hydrogens (tertiary/aromatic N) is 1. The van der Waals surface area contributed by atoms with Crippen LogP contribution in [0.1, 0.15) is 35.6 Å². The molecule has 8 nitrogen and oxygen atoms in total. The highest BCUT2D eigenvalue weighted by atomic mass is 16.3. The summed E-state index contributed by atoms with van der Waals surface area (Å²) in [5.74, 6) is -1.33. The van der Waals surface area contributed by atoms with Gasteiger partial charge in [0.1, 0.15) is 0 Å². The number of carbonyl (C=O) groups is 3. The van der Waals surface area contributed by atoms with E-state index in [0.29, 0.717) is 18.5 Å². The first-order valence-corrected chi connectivity index (χ1v) is 12.5. The summed E-state index contributed by atoms with van der Waals surface area (Å²) < 4.78 is 0. The van der Waals surface area contributed by atoms with Gasteiger partial charge in [-0.25, -0.2) is 0 Å². The fourth-order valence-corrected chi connectivity index (χ4v) is 4.89. The summed E-state index contributed by atoms with van der Waals surface area (Å²) in [6.45, 7) is 3.96. The molecule has 2 aromatic rings. The Morgan fingerprint density at radius 1 is 1.08 bits per heavy atom. The summed E-state index contributed by atoms with van der Waals surface area (Å²) in [5, 5.41) is 27.0. The van der Waals surface area contributed by atoms with Crippen LogP contribution >= 0.6 is 0 Å². The minimum atomic E-state index is -0.950. The van der Waals surface area contributed by atoms with E-state index < -0.39 is 24.2 Å². The third kappa shape index (κ3) is 6.72. The van der Waals surface area contributed by atoms with Crippen LogP contribution in [0.25, 0.3) is 0 Å². The topological polar surface area (TPSA) is 119 Å². The van der Waals surface area contributed by atoms with Crippen LogP contribution in [0.5, 0.6) is 0 Å². The maximum absolute atomic E-state index is 13.4. The van der Waals surface area contributed by atoms with E-state index in [0.717, 1.165) is 16.7 Å². The molecule has 2 aliphatic rings. The Bertz CT molecular complexity index is 1160. The number of fused-ring (bicyclic) bond motifs is 1. The smallest absolute Gasteiger partial charge is 0.251 e. The van der Waals surface area contributed by atoms with Crippen molar-refractivity contribution in [2.24, 2.45) is 5.92 Å². The molecule has 0 spiro atoms. The van der Waals surface area contributed by atoms with Gasteiger partial charge >= 0.3 is 0 Å². The van der Waals surface area contributed by atoms with E-state index in [9.17, 15) is 24.6 Å². The van der Waals surface area contributed by atoms with E-state index >= 15 is 0 Å². The molecule has 1 aliphatic carbocycles. The van der Waals surface area contributed by atoms with Crippen molar-refractivity contribution in [2.45, 2.75) is 43.9 Å². The van der Waals surface area contributed by atoms with Gasteiger partial charge in [0.25, 0.3) is 5.91 Å². The van der Waals surface area contributed by atoms with Crippen molar-refractivity contribution in [3.63, 3.8) is 0 Å². The zero-order chi connectivity index (χ0) is 26.4. The predicted octanol–water partition coefficient (Wildman–Crippen LogP) is 1.79. The molecule has 194 valence electrons. The fourth-order valence-electron chi connectivity index (χ4n) is 4.89. The second-order valence-corrected chi connectivity index (χ2v) is 9.60. The predicted molar refractivity (Wildman–Crippen MR) is 139 cm³/mol. The molecular weight excluding hydrogens is 470 g/mol. The van der Waals surface area contributed by atoms with Crippen molar-refractivity contribution in [1.82, 2.24) is 15.5 Å². The number of rotatable bonds is 11. The second kappa shape index (κ2) is 12.0. The Balaban J connectivity index is 1.34. The van der Waals surface area contributed by atoms with Crippen LogP contribution in [0.4, 0.5) is 0 Å². The number of carbonyl (C=O) groups excluding carboxylic acids is 3. The standard InChI is InChI=1S/C29H33N3O5/c1-19-11-12-27(36)32(19)14-13-26(35)30-18-23(33)16-22(15-20-7-3-2-4-8-20)29(37)31-28-24-10-6-5-9-21(24)17-25(28)34/h2-12,22-23,25,28,33-34H,1,13-18H2,(H,30,35)(H,31,37)/t22-,23+,25-,28+/m1/s1. The third-order valence-corrected chi connectivity index (χ3v) is 6.88. The minimum absolute atomic E-state index is 0.0145. The molecule has 0 aromatic heterocycles. The number of hydrogen-bond donors (Lipinski definition) is 4. The quantitative estimate of drug-likeness (QED) is 0.373. The summed E-state index contributed by atoms with van der Waals surface area (Å²) >= 11 is 0. The number of aliphatic hydroxyl groups excluding tert-OH is 2. The van der Waals surface area contributed by atoms with Crippen LogP contribution in [0.2, 0.25) is 0 Å². The number of nitrogens with one attached hydrogen (secondary N) is 2. The lowest BCUT2D eigenvalue weighted by atomic mass is 9.92. The molecule has 37 heavy (non-hydrogen) atoms. The van der Waals surface area contributed by atoms with Gasteiger partial charge < -0.3 is 25.7 Å². The van der Waals surface area contributed by atoms with Crippen molar-refractivity contribution in [1.29, 1.82) is 0 Å². The van der Waals surface area contributed by atoms with Crippen molar-refractivity contribution in [3.05, 3.63) is 95.7 Å². The van der Waals surface area contributed by atoms with Gasteiger partial charge in [-0.05, 0) is 35.6 Å². The van der Waals surface area contributed by atoms with E-state index in [4.69, 9.17) is 0 Å². The van der Waals surface area contributed by atoms with Crippen LogP contribution < -0.4 is 10.6 Å². The largest absolute Gasteiger partial charge is 0.391 e. The van der Waals surface area contributed by atoms with Crippen molar-refractivity contribution in [2.75, 3.05) is 13.1 Å². The summed E-state index contributed by atoms with van der Waals surface area (Å²) in [5.41, 5.74) is 3.42. The number of hydrogen-bond acceptors (Lipinski definition) is 5. The molecule has 0 fully saturated rings. The molecule has 0 bridgehead atoms. The highest BCUT2D eigenvalue weighted by molar-refractivity contribution is 5.93. The zero-order valence-corrected chi connectivity index (χ0v) is 20.7. The molecule has 0 saturated heterocycles. The zero-order valence-electron chi connectivity index (χ0n) is 20.7. The molecule has 0 radical (unpaired) electrons. The molecule has 4 rings (SSSR count). The molecule has 8 heteroatoms. The summed E-state index contributed by atoms with van der Waals surface area (Å²) in [7, 11) is 0. The number of benzene rings is 2. The van der Waals surface area contributed by atoms with Crippen LogP contribution in [-0.4, -0.2) is 58.1 Å². The van der Waals surface area contributed by atoms with Gasteiger partial charge in [-0.15, -0.1) is 0 Å². The van der Waals surface area contributed by atoms with Gasteiger partial charge in [0.2, 0.25) is 11.8 Å². The molecule has 1 aliphatic heterocycles. The van der Waals surface area contributed by atoms with Crippen molar-refractivity contribution >= 4 is 17.7 Å². The molecule has 2 aromatic carbocycles. The molecule has 1 heterocycles. The number of aliphatic hydroxyl groups is 2. The first-order valence-electron chi connectivity index (χ1n) is 12.5. The lowest BCUT2D eigenvalue weighted by Gasteiger charge is -2.24. The second-order valence-electron chi connectivity index (χ2n) is 9.60. The Kier molecular flexibility index (Phi) is 8.53. The van der Waals surface area contributed by atoms with Gasteiger partial charge in [0.05, 0.1) is 18.2 Å². The van der Waals surface area contributed by atoms with Gasteiger partial charge in [0.15, 0.2) is 0 Å². The van der Waals surface area contributed by atoms with E-state index in [2.05, 4.69) is 17.2 Å². The van der Waals surface area contributed by atoms with Crippen LogP contribution in [-0.2, 0) is 27.2 Å². The summed E-state index contributed by atoms with van der Waals surface area (Å²) in [6, 6.07) is 16.7. The van der Waals surface area contributed by atoms with Gasteiger partial charge in [-0.2, -0.15) is 0 Å². The Hall–Kier alpha value is -3.75. The summed E-state index contributed by atoms with van der Waals surface area (Å²) in [6.07, 6.45) is 2.45. The maximum Gasteiger partial charge on any atom is 0.251 e. The molecule has 3 amide bonds. The van der Waals surface area contributed by atoms with E-state index in [1.807, 2.05) is 54.6 Å². The van der Waals surface area contributed by atoms with Crippen molar-refractivity contribution in [3.8, 4) is 0 Å². The fraction of sp³-hybridized carbons (Fsp3) is 0.345. The van der Waals surface area contributed by atoms with E-state index in [-0.39, 0.29) is 43.7 Å². The summed E-state index contributed by atoms with van der Waals surface area (Å²) in [4.78, 5) is 38.9. The Labute approximate surface area is 216 Å². The average molecular weight is 504 g/mol. The molecule has 4 N–H and O–H groups in total. The minimum Gasteiger partial charge on any atom is -0.391 e. The molecular formula is C29H33N3O5. The monoisotopic (exact) mass is 503 g/mol.